The number of carbonyl (C=O) groups is 1. The van der Waals surface area contributed by atoms with Gasteiger partial charge in [-0.15, -0.1) is 0 Å². The Morgan fingerprint density at radius 3 is 2.71 bits per heavy atom. The summed E-state index contributed by atoms with van der Waals surface area (Å²) >= 11 is 0. The van der Waals surface area contributed by atoms with E-state index in [4.69, 9.17) is 10.2 Å². The van der Waals surface area contributed by atoms with Gasteiger partial charge in [-0.25, -0.2) is 4.68 Å². The summed E-state index contributed by atoms with van der Waals surface area (Å²) in [6.45, 7) is 1.79. The monoisotopic (exact) mass is 282 g/mol. The van der Waals surface area contributed by atoms with Gasteiger partial charge in [0.05, 0.1) is 17.4 Å². The molecule has 1 aromatic carbocycles. The number of anilines is 2. The van der Waals surface area contributed by atoms with Gasteiger partial charge < -0.3 is 15.5 Å². The van der Waals surface area contributed by atoms with Gasteiger partial charge in [0.15, 0.2) is 0 Å². The molecule has 106 valence electrons. The minimum absolute atomic E-state index is 0.246. The topological polar surface area (TPSA) is 86.1 Å². The highest BCUT2D eigenvalue weighted by Crippen LogP contribution is 2.17. The number of nitrogen functional groups attached to an aromatic ring is 1. The van der Waals surface area contributed by atoms with Crippen LogP contribution in [0.15, 0.2) is 53.3 Å². The Morgan fingerprint density at radius 2 is 2.05 bits per heavy atom. The molecule has 0 aliphatic carbocycles. The molecule has 0 saturated heterocycles. The molecule has 3 rings (SSSR count). The third-order valence-electron chi connectivity index (χ3n) is 3.01. The lowest BCUT2D eigenvalue weighted by molar-refractivity contribution is 0.102. The van der Waals surface area contributed by atoms with Gasteiger partial charge in [-0.05, 0) is 37.3 Å². The molecule has 2 heterocycles. The minimum Gasteiger partial charge on any atom is -0.469 e. The first-order valence-electron chi connectivity index (χ1n) is 6.40. The van der Waals surface area contributed by atoms with Crippen LogP contribution in [-0.4, -0.2) is 15.7 Å². The van der Waals surface area contributed by atoms with Crippen LogP contribution in [0.25, 0.3) is 5.69 Å². The Balaban J connectivity index is 1.86. The number of nitrogens with zero attached hydrogens (tertiary/aromatic N) is 2. The van der Waals surface area contributed by atoms with Crippen molar-refractivity contribution >= 4 is 17.4 Å². The second-order valence-corrected chi connectivity index (χ2v) is 4.62. The zero-order chi connectivity index (χ0) is 14.8. The van der Waals surface area contributed by atoms with E-state index in [1.807, 2.05) is 12.1 Å². The average molecular weight is 282 g/mol. The number of hydrogen-bond donors (Lipinski definition) is 2. The van der Waals surface area contributed by atoms with Crippen molar-refractivity contribution in [3.63, 3.8) is 0 Å². The van der Waals surface area contributed by atoms with E-state index in [1.165, 1.54) is 6.26 Å². The fourth-order valence-corrected chi connectivity index (χ4v) is 1.97. The summed E-state index contributed by atoms with van der Waals surface area (Å²) in [5.41, 5.74) is 7.62. The van der Waals surface area contributed by atoms with Gasteiger partial charge in [-0.2, -0.15) is 5.10 Å². The van der Waals surface area contributed by atoms with Crippen LogP contribution in [0.3, 0.4) is 0 Å². The first kappa shape index (κ1) is 13.0. The Bertz CT molecular complexity index is 771. The number of furan rings is 1. The van der Waals surface area contributed by atoms with Gasteiger partial charge in [-0.1, -0.05) is 0 Å². The normalized spacial score (nSPS) is 10.5. The van der Waals surface area contributed by atoms with Crippen molar-refractivity contribution < 1.29 is 9.21 Å². The van der Waals surface area contributed by atoms with Crippen LogP contribution in [-0.2, 0) is 0 Å². The molecule has 0 bridgehead atoms. The molecule has 3 aromatic rings. The maximum absolute atomic E-state index is 12.1. The summed E-state index contributed by atoms with van der Waals surface area (Å²) in [6, 6.07) is 10.6. The van der Waals surface area contributed by atoms with Crippen LogP contribution >= 0.6 is 0 Å². The van der Waals surface area contributed by atoms with Crippen molar-refractivity contribution in [2.75, 3.05) is 11.1 Å². The van der Waals surface area contributed by atoms with E-state index < -0.39 is 0 Å². The Hall–Kier alpha value is -3.02. The van der Waals surface area contributed by atoms with Gasteiger partial charge in [0.25, 0.3) is 5.91 Å². The van der Waals surface area contributed by atoms with Gasteiger partial charge in [0, 0.05) is 11.8 Å². The van der Waals surface area contributed by atoms with Crippen molar-refractivity contribution in [3.8, 4) is 5.69 Å². The van der Waals surface area contributed by atoms with E-state index in [0.717, 1.165) is 5.69 Å². The zero-order valence-corrected chi connectivity index (χ0v) is 11.4. The van der Waals surface area contributed by atoms with Crippen molar-refractivity contribution in [2.24, 2.45) is 0 Å². The SMILES string of the molecule is Cc1cc(C(=O)Nc2ccnn2-c2ccc(N)cc2)co1. The lowest BCUT2D eigenvalue weighted by Gasteiger charge is -2.08. The molecule has 3 N–H and O–H groups in total. The number of nitrogens with one attached hydrogen (secondary N) is 1. The molecule has 6 heteroatoms. The molecule has 0 atom stereocenters. The molecule has 0 radical (unpaired) electrons. The standard InChI is InChI=1S/C15H14N4O2/c1-10-8-11(9-21-10)15(20)18-14-6-7-17-19(14)13-4-2-12(16)3-5-13/h2-9H,16H2,1H3,(H,18,20). The quantitative estimate of drug-likeness (QED) is 0.723. The molecular weight excluding hydrogens is 268 g/mol. The van der Waals surface area contributed by atoms with Crippen molar-refractivity contribution in [1.82, 2.24) is 9.78 Å². The van der Waals surface area contributed by atoms with Crippen molar-refractivity contribution in [1.29, 1.82) is 0 Å². The summed E-state index contributed by atoms with van der Waals surface area (Å²) in [4.78, 5) is 12.1. The number of amides is 1. The summed E-state index contributed by atoms with van der Waals surface area (Å²) < 4.78 is 6.76. The molecule has 0 fully saturated rings. The number of carbonyl (C=O) groups excluding carboxylic acids is 1. The van der Waals surface area contributed by atoms with Crippen LogP contribution in [0.5, 0.6) is 0 Å². The Morgan fingerprint density at radius 1 is 1.29 bits per heavy atom. The lowest BCUT2D eigenvalue weighted by atomic mass is 10.3. The molecule has 0 spiro atoms. The number of benzene rings is 1. The first-order chi connectivity index (χ1) is 10.1. The minimum atomic E-state index is -0.246. The molecule has 1 amide bonds. The summed E-state index contributed by atoms with van der Waals surface area (Å²) in [6.07, 6.45) is 3.04. The van der Waals surface area contributed by atoms with Crippen LogP contribution < -0.4 is 11.1 Å². The molecular formula is C15H14N4O2. The van der Waals surface area contributed by atoms with Crippen molar-refractivity contribution in [2.45, 2.75) is 6.92 Å². The number of aryl methyl sites for hydroxylation is 1. The van der Waals surface area contributed by atoms with E-state index in [0.29, 0.717) is 22.8 Å². The Kier molecular flexibility index (Phi) is 3.19. The second-order valence-electron chi connectivity index (χ2n) is 4.62. The molecule has 0 unspecified atom stereocenters. The van der Waals surface area contributed by atoms with E-state index in [-0.39, 0.29) is 5.91 Å². The molecule has 21 heavy (non-hydrogen) atoms. The first-order valence-corrected chi connectivity index (χ1v) is 6.40. The summed E-state index contributed by atoms with van der Waals surface area (Å²) in [5.74, 6) is 1.01. The van der Waals surface area contributed by atoms with E-state index in [2.05, 4.69) is 10.4 Å². The highest BCUT2D eigenvalue weighted by atomic mass is 16.3. The highest BCUT2D eigenvalue weighted by Gasteiger charge is 2.12. The number of nitrogens with two attached hydrogens (primary N) is 1. The molecule has 0 saturated carbocycles. The fourth-order valence-electron chi connectivity index (χ4n) is 1.97. The predicted octanol–water partition coefficient (Wildman–Crippen LogP) is 2.61. The van der Waals surface area contributed by atoms with Gasteiger partial charge in [0.2, 0.25) is 0 Å². The fraction of sp³-hybridized carbons (Fsp3) is 0.0667. The number of aromatic nitrogens is 2. The maximum Gasteiger partial charge on any atom is 0.260 e. The second kappa shape index (κ2) is 5.16. The number of rotatable bonds is 3. The van der Waals surface area contributed by atoms with E-state index in [9.17, 15) is 4.79 Å². The van der Waals surface area contributed by atoms with E-state index >= 15 is 0 Å². The van der Waals surface area contributed by atoms with Gasteiger partial charge >= 0.3 is 0 Å². The van der Waals surface area contributed by atoms with Crippen LogP contribution in [0.2, 0.25) is 0 Å². The third-order valence-corrected chi connectivity index (χ3v) is 3.01. The highest BCUT2D eigenvalue weighted by molar-refractivity contribution is 6.03. The van der Waals surface area contributed by atoms with Crippen LogP contribution in [0.4, 0.5) is 11.5 Å². The zero-order valence-electron chi connectivity index (χ0n) is 11.4. The van der Waals surface area contributed by atoms with Gasteiger partial charge in [-0.3, -0.25) is 4.79 Å². The number of hydrogen-bond acceptors (Lipinski definition) is 4. The average Bonchev–Trinajstić information content (AvgIpc) is 3.09. The van der Waals surface area contributed by atoms with Crippen LogP contribution in [0.1, 0.15) is 16.1 Å². The third kappa shape index (κ3) is 2.64. The lowest BCUT2D eigenvalue weighted by Crippen LogP contribution is -2.14. The largest absolute Gasteiger partial charge is 0.469 e. The molecule has 6 nitrogen and oxygen atoms in total. The van der Waals surface area contributed by atoms with E-state index in [1.54, 1.807) is 42.1 Å². The molecule has 0 aliphatic rings. The Labute approximate surface area is 121 Å². The molecule has 2 aromatic heterocycles. The van der Waals surface area contributed by atoms with Gasteiger partial charge in [0.1, 0.15) is 17.8 Å². The van der Waals surface area contributed by atoms with Crippen LogP contribution in [0, 0.1) is 6.92 Å². The predicted molar refractivity (Wildman–Crippen MR) is 79.4 cm³/mol. The smallest absolute Gasteiger partial charge is 0.260 e. The summed E-state index contributed by atoms with van der Waals surface area (Å²) in [7, 11) is 0. The summed E-state index contributed by atoms with van der Waals surface area (Å²) in [5, 5.41) is 7.01. The molecule has 0 aliphatic heterocycles. The van der Waals surface area contributed by atoms with Crippen molar-refractivity contribution in [3.05, 3.63) is 60.2 Å². The maximum atomic E-state index is 12.1.